The van der Waals surface area contributed by atoms with Crippen LogP contribution in [-0.4, -0.2) is 18.2 Å². The zero-order valence-electron chi connectivity index (χ0n) is 14.3. The first-order chi connectivity index (χ1) is 12.0. The lowest BCUT2D eigenvalue weighted by Crippen LogP contribution is -2.29. The highest BCUT2D eigenvalue weighted by atomic mass is 32.2. The number of para-hydroxylation sites is 1. The Bertz CT molecular complexity index is 950. The van der Waals surface area contributed by atoms with Crippen LogP contribution in [0.5, 0.6) is 0 Å². The van der Waals surface area contributed by atoms with Gasteiger partial charge in [0, 0.05) is 18.4 Å². The number of aryl methyl sites for hydroxylation is 1. The summed E-state index contributed by atoms with van der Waals surface area (Å²) in [5.41, 5.74) is 3.51. The van der Waals surface area contributed by atoms with Crippen LogP contribution < -0.4 is 4.72 Å². The van der Waals surface area contributed by atoms with Crippen LogP contribution >= 0.6 is 0 Å². The lowest BCUT2D eigenvalue weighted by Gasteiger charge is -2.18. The van der Waals surface area contributed by atoms with Crippen molar-refractivity contribution in [3.05, 3.63) is 83.7 Å². The molecule has 0 fully saturated rings. The van der Waals surface area contributed by atoms with Crippen molar-refractivity contribution in [3.8, 4) is 5.69 Å². The highest BCUT2D eigenvalue weighted by molar-refractivity contribution is 7.88. The highest BCUT2D eigenvalue weighted by Crippen LogP contribution is 2.22. The van der Waals surface area contributed by atoms with Gasteiger partial charge in [0.1, 0.15) is 0 Å². The van der Waals surface area contributed by atoms with Gasteiger partial charge in [-0.25, -0.2) is 17.8 Å². The molecule has 5 nitrogen and oxygen atoms in total. The largest absolute Gasteiger partial charge is 0.241 e. The Morgan fingerprint density at radius 2 is 1.80 bits per heavy atom. The topological polar surface area (TPSA) is 64.0 Å². The van der Waals surface area contributed by atoms with Gasteiger partial charge in [0.2, 0.25) is 10.0 Å². The van der Waals surface area contributed by atoms with Crippen LogP contribution in [0.2, 0.25) is 0 Å². The number of hydrogen-bond donors (Lipinski definition) is 1. The molecule has 2 aromatic carbocycles. The molecule has 0 bridgehead atoms. The quantitative estimate of drug-likeness (QED) is 0.737. The number of hydrogen-bond acceptors (Lipinski definition) is 3. The summed E-state index contributed by atoms with van der Waals surface area (Å²) >= 11 is 0. The Kier molecular flexibility index (Phi) is 5.01. The van der Waals surface area contributed by atoms with Crippen molar-refractivity contribution >= 4 is 10.0 Å². The van der Waals surface area contributed by atoms with Crippen LogP contribution in [0.25, 0.3) is 5.69 Å². The van der Waals surface area contributed by atoms with Crippen molar-refractivity contribution in [1.82, 2.24) is 14.5 Å². The minimum absolute atomic E-state index is 0.0338. The van der Waals surface area contributed by atoms with Gasteiger partial charge in [-0.05, 0) is 42.7 Å². The highest BCUT2D eigenvalue weighted by Gasteiger charge is 2.19. The number of nitrogens with one attached hydrogen (secondary N) is 1. The van der Waals surface area contributed by atoms with Crippen molar-refractivity contribution in [3.63, 3.8) is 0 Å². The van der Waals surface area contributed by atoms with Gasteiger partial charge in [-0.15, -0.1) is 0 Å². The molecule has 0 amide bonds. The van der Waals surface area contributed by atoms with Gasteiger partial charge in [-0.2, -0.15) is 5.10 Å². The Balaban J connectivity index is 1.83. The molecule has 0 aliphatic rings. The molecule has 6 heteroatoms. The fraction of sp³-hybridized carbons (Fsp3) is 0.211. The van der Waals surface area contributed by atoms with Crippen LogP contribution in [0, 0.1) is 6.92 Å². The van der Waals surface area contributed by atoms with E-state index in [-0.39, 0.29) is 11.8 Å². The number of benzene rings is 2. The summed E-state index contributed by atoms with van der Waals surface area (Å²) < 4.78 is 29.7. The van der Waals surface area contributed by atoms with Gasteiger partial charge >= 0.3 is 0 Å². The molecule has 0 spiro atoms. The van der Waals surface area contributed by atoms with E-state index in [0.717, 1.165) is 22.4 Å². The van der Waals surface area contributed by atoms with Gasteiger partial charge in [-0.3, -0.25) is 0 Å². The van der Waals surface area contributed by atoms with Crippen molar-refractivity contribution < 1.29 is 8.42 Å². The summed E-state index contributed by atoms with van der Waals surface area (Å²) in [6, 6.07) is 16.6. The minimum atomic E-state index is -3.47. The van der Waals surface area contributed by atoms with Crippen LogP contribution in [0.1, 0.15) is 29.7 Å². The van der Waals surface area contributed by atoms with Crippen molar-refractivity contribution in [1.29, 1.82) is 0 Å². The van der Waals surface area contributed by atoms with Crippen molar-refractivity contribution in [2.24, 2.45) is 0 Å². The molecule has 0 saturated heterocycles. The molecule has 1 aromatic heterocycles. The summed E-state index contributed by atoms with van der Waals surface area (Å²) in [6.45, 7) is 3.76. The van der Waals surface area contributed by atoms with E-state index in [1.165, 1.54) is 0 Å². The fourth-order valence-corrected chi connectivity index (χ4v) is 4.31. The molecule has 1 N–H and O–H groups in total. The third-order valence-electron chi connectivity index (χ3n) is 4.12. The Hall–Kier alpha value is -2.44. The van der Waals surface area contributed by atoms with E-state index >= 15 is 0 Å². The normalized spacial score (nSPS) is 12.9. The number of aromatic nitrogens is 2. The third-order valence-corrected chi connectivity index (χ3v) is 5.52. The van der Waals surface area contributed by atoms with E-state index < -0.39 is 10.0 Å². The van der Waals surface area contributed by atoms with E-state index in [1.54, 1.807) is 10.9 Å². The first-order valence-electron chi connectivity index (χ1n) is 8.10. The van der Waals surface area contributed by atoms with E-state index in [4.69, 9.17) is 0 Å². The van der Waals surface area contributed by atoms with Gasteiger partial charge < -0.3 is 0 Å². The van der Waals surface area contributed by atoms with E-state index in [1.807, 2.05) is 74.6 Å². The minimum Gasteiger partial charge on any atom is -0.241 e. The second-order valence-electron chi connectivity index (χ2n) is 6.03. The lowest BCUT2D eigenvalue weighted by molar-refractivity contribution is 0.565. The molecule has 0 saturated carbocycles. The van der Waals surface area contributed by atoms with E-state index in [2.05, 4.69) is 9.82 Å². The van der Waals surface area contributed by atoms with E-state index in [9.17, 15) is 8.42 Å². The van der Waals surface area contributed by atoms with Crippen LogP contribution in [0.15, 0.2) is 67.0 Å². The average molecular weight is 355 g/mol. The molecule has 3 aromatic rings. The zero-order chi connectivity index (χ0) is 17.9. The first-order valence-corrected chi connectivity index (χ1v) is 9.75. The number of sulfonamides is 1. The summed E-state index contributed by atoms with van der Waals surface area (Å²) in [6.07, 6.45) is 3.54. The molecule has 130 valence electrons. The second kappa shape index (κ2) is 7.21. The van der Waals surface area contributed by atoms with Crippen molar-refractivity contribution in [2.75, 3.05) is 0 Å². The molecule has 25 heavy (non-hydrogen) atoms. The maximum atomic E-state index is 12.6. The van der Waals surface area contributed by atoms with Gasteiger partial charge in [0.15, 0.2) is 0 Å². The Morgan fingerprint density at radius 3 is 2.52 bits per heavy atom. The molecule has 1 atom stereocenters. The van der Waals surface area contributed by atoms with Gasteiger partial charge in [0.25, 0.3) is 0 Å². The molecule has 0 aliphatic heterocycles. The predicted octanol–water partition coefficient (Wildman–Crippen LogP) is 3.36. The molecule has 3 rings (SSSR count). The van der Waals surface area contributed by atoms with Crippen LogP contribution in [-0.2, 0) is 15.8 Å². The SMILES string of the molecule is Cc1ccccc1CS(=O)(=O)NC(C)c1ccccc1-n1cccn1. The van der Waals surface area contributed by atoms with E-state index in [0.29, 0.717) is 0 Å². The molecular formula is C19H21N3O2S. The number of nitrogens with zero attached hydrogens (tertiary/aromatic N) is 2. The first kappa shape index (κ1) is 17.4. The Labute approximate surface area is 148 Å². The summed E-state index contributed by atoms with van der Waals surface area (Å²) in [5, 5.41) is 4.24. The molecule has 0 aliphatic carbocycles. The standard InChI is InChI=1S/C19H21N3O2S/c1-15-8-3-4-9-17(15)14-25(23,24)21-16(2)18-10-5-6-11-19(18)22-13-7-12-20-22/h3-13,16,21H,14H2,1-2H3. The third kappa shape index (κ3) is 4.15. The van der Waals surface area contributed by atoms with Crippen LogP contribution in [0.3, 0.4) is 0 Å². The Morgan fingerprint density at radius 1 is 1.08 bits per heavy atom. The zero-order valence-corrected chi connectivity index (χ0v) is 15.1. The average Bonchev–Trinajstić information content (AvgIpc) is 3.11. The summed E-state index contributed by atoms with van der Waals surface area (Å²) in [7, 11) is -3.47. The van der Waals surface area contributed by atoms with Gasteiger partial charge in [0.05, 0.1) is 11.4 Å². The second-order valence-corrected chi connectivity index (χ2v) is 7.79. The lowest BCUT2D eigenvalue weighted by atomic mass is 10.1. The monoisotopic (exact) mass is 355 g/mol. The summed E-state index contributed by atoms with van der Waals surface area (Å²) in [5.74, 6) is -0.0338. The van der Waals surface area contributed by atoms with Crippen molar-refractivity contribution in [2.45, 2.75) is 25.6 Å². The molecule has 1 heterocycles. The smallest absolute Gasteiger partial charge is 0.216 e. The van der Waals surface area contributed by atoms with Crippen LogP contribution in [0.4, 0.5) is 0 Å². The van der Waals surface area contributed by atoms with Gasteiger partial charge in [-0.1, -0.05) is 42.5 Å². The predicted molar refractivity (Wildman–Crippen MR) is 98.9 cm³/mol. The maximum absolute atomic E-state index is 12.6. The number of rotatable bonds is 6. The molecular weight excluding hydrogens is 334 g/mol. The maximum Gasteiger partial charge on any atom is 0.216 e. The molecule has 0 radical (unpaired) electrons. The summed E-state index contributed by atoms with van der Waals surface area (Å²) in [4.78, 5) is 0. The fourth-order valence-electron chi connectivity index (χ4n) is 2.82. The molecule has 1 unspecified atom stereocenters.